The van der Waals surface area contributed by atoms with Gasteiger partial charge < -0.3 is 10.3 Å². The van der Waals surface area contributed by atoms with E-state index in [0.29, 0.717) is 12.1 Å². The quantitative estimate of drug-likeness (QED) is 0.375. The Hall–Kier alpha value is -3.83. The Morgan fingerprint density at radius 2 is 1.56 bits per heavy atom. The van der Waals surface area contributed by atoms with Gasteiger partial charge in [-0.3, -0.25) is 30.3 Å². The Kier molecular flexibility index (Phi) is 6.26. The number of aromatic nitrogens is 1. The zero-order chi connectivity index (χ0) is 19.1. The molecular weight excluding hydrogens is 340 g/mol. The van der Waals surface area contributed by atoms with E-state index in [1.165, 1.54) is 6.20 Å². The molecule has 12 heteroatoms. The molecule has 12 nitrogen and oxygen atoms in total. The van der Waals surface area contributed by atoms with Gasteiger partial charge in [-0.25, -0.2) is 0 Å². The Labute approximate surface area is 139 Å². The molecule has 0 atom stereocenters. The molecule has 0 saturated heterocycles. The number of pyridine rings is 1. The van der Waals surface area contributed by atoms with E-state index >= 15 is 0 Å². The van der Waals surface area contributed by atoms with Crippen LogP contribution >= 0.6 is 0 Å². The van der Waals surface area contributed by atoms with Crippen LogP contribution in [0.2, 0.25) is 0 Å². The Morgan fingerprint density at radius 3 is 1.88 bits per heavy atom. The van der Waals surface area contributed by atoms with Crippen LogP contribution in [0.25, 0.3) is 0 Å². The molecule has 0 unspecified atom stereocenters. The van der Waals surface area contributed by atoms with E-state index in [1.807, 2.05) is 13.0 Å². The maximum Gasteiger partial charge on any atom is 0.324 e. The molecule has 0 amide bonds. The number of nitro benzene ring substituents is 3. The van der Waals surface area contributed by atoms with Crippen molar-refractivity contribution < 1.29 is 24.6 Å². The Balaban J connectivity index is 0.000000293. The van der Waals surface area contributed by atoms with Crippen molar-refractivity contribution in [1.82, 2.24) is 0 Å². The van der Waals surface area contributed by atoms with Gasteiger partial charge >= 0.3 is 11.4 Å². The average molecular weight is 352 g/mol. The highest BCUT2D eigenvalue weighted by molar-refractivity contribution is 5.64. The van der Waals surface area contributed by atoms with Crippen LogP contribution in [0.1, 0.15) is 12.5 Å². The number of aryl methyl sites for hydroxylation is 1. The summed E-state index contributed by atoms with van der Waals surface area (Å²) in [6.45, 7) is 2.02. The number of phenolic OH excluding ortho intramolecular Hbond substituents is 1. The molecule has 0 fully saturated rings. The molecule has 1 aromatic heterocycles. The lowest BCUT2D eigenvalue weighted by Crippen LogP contribution is -2.24. The van der Waals surface area contributed by atoms with Gasteiger partial charge in [0.2, 0.25) is 0 Å². The van der Waals surface area contributed by atoms with Gasteiger partial charge in [0.15, 0.2) is 12.4 Å². The molecule has 1 aromatic carbocycles. The number of aromatic hydroxyl groups is 1. The molecule has 2 rings (SSSR count). The van der Waals surface area contributed by atoms with Gasteiger partial charge in [-0.05, 0) is 12.5 Å². The number of benzene rings is 1. The monoisotopic (exact) mass is 352 g/mol. The number of non-ortho nitro benzene ring substituents is 1. The molecule has 132 valence electrons. The maximum absolute atomic E-state index is 10.6. The van der Waals surface area contributed by atoms with Crippen LogP contribution in [0.5, 0.6) is 5.75 Å². The minimum atomic E-state index is -1.21. The fraction of sp³-hybridized carbons (Fsp3) is 0.154. The van der Waals surface area contributed by atoms with Crippen LogP contribution in [-0.4, -0.2) is 19.9 Å². The maximum atomic E-state index is 10.6. The molecule has 1 heterocycles. The zero-order valence-corrected chi connectivity index (χ0v) is 12.8. The molecule has 0 radical (unpaired) electrons. The normalized spacial score (nSPS) is 9.64. The number of rotatable bonds is 4. The molecule has 0 saturated carbocycles. The summed E-state index contributed by atoms with van der Waals surface area (Å²) in [5, 5.41) is 50.8. The van der Waals surface area contributed by atoms with Gasteiger partial charge in [0, 0.05) is 11.6 Å². The third-order valence-electron chi connectivity index (χ3n) is 2.90. The van der Waals surface area contributed by atoms with Gasteiger partial charge in [0.1, 0.15) is 0 Å². The van der Waals surface area contributed by atoms with Gasteiger partial charge in [0.05, 0.1) is 26.9 Å². The Bertz CT molecular complexity index is 788. The molecule has 25 heavy (non-hydrogen) atoms. The van der Waals surface area contributed by atoms with Crippen LogP contribution < -0.4 is 4.73 Å². The van der Waals surface area contributed by atoms with Crippen molar-refractivity contribution in [2.24, 2.45) is 0 Å². The molecule has 0 spiro atoms. The van der Waals surface area contributed by atoms with E-state index in [2.05, 4.69) is 0 Å². The summed E-state index contributed by atoms with van der Waals surface area (Å²) in [5.74, 6) is -1.21. The minimum absolute atomic E-state index is 0.447. The van der Waals surface area contributed by atoms with E-state index in [0.717, 1.165) is 16.7 Å². The minimum Gasteiger partial charge on any atom is -0.619 e. The fourth-order valence-electron chi connectivity index (χ4n) is 1.68. The van der Waals surface area contributed by atoms with Crippen LogP contribution in [0.4, 0.5) is 17.1 Å². The van der Waals surface area contributed by atoms with E-state index in [4.69, 9.17) is 5.11 Å². The molecule has 0 aliphatic carbocycles. The molecular formula is C13H12N4O8. The average Bonchev–Trinajstić information content (AvgIpc) is 2.54. The third-order valence-corrected chi connectivity index (χ3v) is 2.90. The first-order valence-corrected chi connectivity index (χ1v) is 6.65. The number of hydrogen-bond donors (Lipinski definition) is 1. The second-order valence-corrected chi connectivity index (χ2v) is 4.53. The highest BCUT2D eigenvalue weighted by atomic mass is 16.6. The summed E-state index contributed by atoms with van der Waals surface area (Å²) in [6, 6.07) is 4.59. The molecule has 1 N–H and O–H groups in total. The van der Waals surface area contributed by atoms with Gasteiger partial charge in [-0.2, -0.15) is 4.73 Å². The topological polar surface area (TPSA) is 177 Å². The number of phenols is 1. The van der Waals surface area contributed by atoms with Crippen molar-refractivity contribution in [1.29, 1.82) is 0 Å². The highest BCUT2D eigenvalue weighted by Crippen LogP contribution is 2.38. The van der Waals surface area contributed by atoms with E-state index in [-0.39, 0.29) is 0 Å². The zero-order valence-electron chi connectivity index (χ0n) is 12.8. The lowest BCUT2D eigenvalue weighted by molar-refractivity contribution is -0.605. The smallest absolute Gasteiger partial charge is 0.324 e. The van der Waals surface area contributed by atoms with Gasteiger partial charge in [-0.1, -0.05) is 6.92 Å². The van der Waals surface area contributed by atoms with Crippen LogP contribution in [-0.2, 0) is 6.42 Å². The molecule has 0 aliphatic heterocycles. The van der Waals surface area contributed by atoms with Crippen molar-refractivity contribution >= 4 is 17.1 Å². The summed E-state index contributed by atoms with van der Waals surface area (Å²) in [6.07, 6.45) is 3.99. The predicted octanol–water partition coefficient (Wildman–Crippen LogP) is 2.00. The summed E-state index contributed by atoms with van der Waals surface area (Å²) < 4.78 is 0.818. The SMILES string of the molecule is CCc1ccc[n+]([O-])c1.O=[N+]([O-])c1cc([N+](=O)[O-])c(O)c([N+](=O)[O-])c1. The lowest BCUT2D eigenvalue weighted by atomic mass is 10.2. The van der Waals surface area contributed by atoms with E-state index < -0.39 is 37.6 Å². The Morgan fingerprint density at radius 1 is 1.04 bits per heavy atom. The standard InChI is InChI=1S/C7H9NO.C6H3N3O7/c1-2-7-4-3-5-8(9)6-7;10-6-4(8(13)14)1-3(7(11)12)2-5(6)9(15)16/h3-6H,2H2,1H3;1-2,10H. The van der Waals surface area contributed by atoms with E-state index in [9.17, 15) is 35.6 Å². The molecule has 0 aliphatic rings. The van der Waals surface area contributed by atoms with Crippen LogP contribution in [0, 0.1) is 35.6 Å². The summed E-state index contributed by atoms with van der Waals surface area (Å²) >= 11 is 0. The first-order chi connectivity index (χ1) is 11.7. The number of nitro groups is 3. The van der Waals surface area contributed by atoms with Crippen molar-refractivity contribution in [2.45, 2.75) is 13.3 Å². The molecule has 0 bridgehead atoms. The van der Waals surface area contributed by atoms with Crippen LogP contribution in [0.3, 0.4) is 0 Å². The highest BCUT2D eigenvalue weighted by Gasteiger charge is 2.30. The number of hydrogen-bond acceptors (Lipinski definition) is 8. The van der Waals surface area contributed by atoms with Gasteiger partial charge in [0.25, 0.3) is 11.4 Å². The number of nitrogens with zero attached hydrogens (tertiary/aromatic N) is 4. The second kappa shape index (κ2) is 8.14. The second-order valence-electron chi connectivity index (χ2n) is 4.53. The lowest BCUT2D eigenvalue weighted by Gasteiger charge is -1.97. The van der Waals surface area contributed by atoms with Crippen molar-refractivity contribution in [3.05, 3.63) is 77.8 Å². The van der Waals surface area contributed by atoms with Crippen molar-refractivity contribution in [2.75, 3.05) is 0 Å². The largest absolute Gasteiger partial charge is 0.619 e. The van der Waals surface area contributed by atoms with Crippen molar-refractivity contribution in [3.63, 3.8) is 0 Å². The predicted molar refractivity (Wildman–Crippen MR) is 82.9 cm³/mol. The third kappa shape index (κ3) is 5.09. The summed E-state index contributed by atoms with van der Waals surface area (Å²) in [5.41, 5.74) is -1.93. The van der Waals surface area contributed by atoms with Crippen LogP contribution in [0.15, 0.2) is 36.7 Å². The molecule has 2 aromatic rings. The summed E-state index contributed by atoms with van der Waals surface area (Å²) in [7, 11) is 0. The first kappa shape index (κ1) is 19.2. The van der Waals surface area contributed by atoms with E-state index in [1.54, 1.807) is 12.3 Å². The summed E-state index contributed by atoms with van der Waals surface area (Å²) in [4.78, 5) is 27.8. The first-order valence-electron chi connectivity index (χ1n) is 6.65. The van der Waals surface area contributed by atoms with Crippen molar-refractivity contribution in [3.8, 4) is 5.75 Å². The van der Waals surface area contributed by atoms with Gasteiger partial charge in [-0.15, -0.1) is 0 Å². The fourth-order valence-corrected chi connectivity index (χ4v) is 1.68.